The molecule has 0 saturated heterocycles. The van der Waals surface area contributed by atoms with Crippen LogP contribution in [-0.2, 0) is 5.92 Å². The summed E-state index contributed by atoms with van der Waals surface area (Å²) in [4.78, 5) is 10.8. The fraction of sp³-hybridized carbons (Fsp3) is 0.364. The van der Waals surface area contributed by atoms with Crippen molar-refractivity contribution in [2.24, 2.45) is 0 Å². The third kappa shape index (κ3) is 2.19. The van der Waals surface area contributed by atoms with E-state index in [-0.39, 0.29) is 22.3 Å². The Morgan fingerprint density at radius 2 is 1.75 bits per heavy atom. The number of halogens is 2. The largest absolute Gasteiger partial charge is 0.478 e. The zero-order valence-corrected chi connectivity index (χ0v) is 8.92. The number of carboxylic acid groups (broad SMARTS) is 1. The number of aliphatic hydroxyl groups is 1. The minimum absolute atomic E-state index is 0.0255. The average molecular weight is 230 g/mol. The first-order valence-electron chi connectivity index (χ1n) is 4.63. The average Bonchev–Trinajstić information content (AvgIpc) is 2.15. The summed E-state index contributed by atoms with van der Waals surface area (Å²) >= 11 is 0. The molecular weight excluding hydrogens is 218 g/mol. The van der Waals surface area contributed by atoms with Crippen molar-refractivity contribution in [3.63, 3.8) is 0 Å². The molecule has 3 nitrogen and oxygen atoms in total. The molecule has 0 aromatic heterocycles. The Bertz CT molecular complexity index is 404. The Labute approximate surface area is 91.3 Å². The zero-order chi connectivity index (χ0) is 12.5. The predicted molar refractivity (Wildman–Crippen MR) is 53.9 cm³/mol. The molecule has 0 spiro atoms. The van der Waals surface area contributed by atoms with Gasteiger partial charge in [0.25, 0.3) is 5.92 Å². The van der Waals surface area contributed by atoms with Crippen LogP contribution < -0.4 is 0 Å². The summed E-state index contributed by atoms with van der Waals surface area (Å²) in [5.41, 5.74) is 0.179. The lowest BCUT2D eigenvalue weighted by atomic mass is 9.96. The second kappa shape index (κ2) is 4.17. The molecule has 0 unspecified atom stereocenters. The van der Waals surface area contributed by atoms with Gasteiger partial charge in [-0.1, -0.05) is 0 Å². The topological polar surface area (TPSA) is 57.5 Å². The van der Waals surface area contributed by atoms with Gasteiger partial charge in [-0.3, -0.25) is 0 Å². The van der Waals surface area contributed by atoms with E-state index >= 15 is 0 Å². The Morgan fingerprint density at radius 1 is 1.31 bits per heavy atom. The normalized spacial score (nSPS) is 11.6. The van der Waals surface area contributed by atoms with E-state index in [1.54, 1.807) is 0 Å². The summed E-state index contributed by atoms with van der Waals surface area (Å²) < 4.78 is 26.4. The third-order valence-corrected chi connectivity index (χ3v) is 2.37. The van der Waals surface area contributed by atoms with E-state index < -0.39 is 18.5 Å². The Morgan fingerprint density at radius 3 is 2.06 bits per heavy atom. The molecule has 2 N–H and O–H groups in total. The van der Waals surface area contributed by atoms with Crippen molar-refractivity contribution in [2.45, 2.75) is 19.8 Å². The lowest BCUT2D eigenvalue weighted by molar-refractivity contribution is -0.0557. The molecule has 1 aromatic rings. The molecule has 0 aliphatic rings. The van der Waals surface area contributed by atoms with Gasteiger partial charge in [-0.15, -0.1) is 0 Å². The van der Waals surface area contributed by atoms with Gasteiger partial charge in [0.15, 0.2) is 0 Å². The quantitative estimate of drug-likeness (QED) is 0.835. The standard InChI is InChI=1S/C11H12F2O3/c1-6-3-8(11(12,13)5-14)4-7(2)9(6)10(15)16/h3-4,14H,5H2,1-2H3,(H,15,16). The van der Waals surface area contributed by atoms with Crippen molar-refractivity contribution in [3.05, 3.63) is 34.4 Å². The monoisotopic (exact) mass is 230 g/mol. The number of hydrogen-bond donors (Lipinski definition) is 2. The smallest absolute Gasteiger partial charge is 0.336 e. The van der Waals surface area contributed by atoms with Crippen molar-refractivity contribution in [1.29, 1.82) is 0 Å². The van der Waals surface area contributed by atoms with E-state index in [9.17, 15) is 13.6 Å². The fourth-order valence-corrected chi connectivity index (χ4v) is 1.60. The van der Waals surface area contributed by atoms with Gasteiger partial charge < -0.3 is 10.2 Å². The van der Waals surface area contributed by atoms with Gasteiger partial charge in [-0.25, -0.2) is 4.79 Å². The summed E-state index contributed by atoms with van der Waals surface area (Å²) in [5, 5.41) is 17.4. The molecule has 0 heterocycles. The van der Waals surface area contributed by atoms with Crippen molar-refractivity contribution >= 4 is 5.97 Å². The molecule has 0 amide bonds. The number of alkyl halides is 2. The molecule has 1 rings (SSSR count). The van der Waals surface area contributed by atoms with E-state index in [4.69, 9.17) is 10.2 Å². The molecule has 0 bridgehead atoms. The number of aliphatic hydroxyl groups excluding tert-OH is 1. The van der Waals surface area contributed by atoms with Crippen LogP contribution in [0, 0.1) is 13.8 Å². The highest BCUT2D eigenvalue weighted by Crippen LogP contribution is 2.30. The maximum atomic E-state index is 13.2. The summed E-state index contributed by atoms with van der Waals surface area (Å²) in [5.74, 6) is -4.49. The lowest BCUT2D eigenvalue weighted by Gasteiger charge is -2.16. The molecule has 16 heavy (non-hydrogen) atoms. The molecule has 5 heteroatoms. The van der Waals surface area contributed by atoms with Crippen LogP contribution in [0.4, 0.5) is 8.78 Å². The third-order valence-electron chi connectivity index (χ3n) is 2.37. The maximum absolute atomic E-state index is 13.2. The molecule has 88 valence electrons. The first-order chi connectivity index (χ1) is 7.29. The van der Waals surface area contributed by atoms with E-state index in [2.05, 4.69) is 0 Å². The molecule has 1 aromatic carbocycles. The number of carboxylic acids is 1. The second-order valence-corrected chi connectivity index (χ2v) is 3.65. The highest BCUT2D eigenvalue weighted by molar-refractivity contribution is 5.91. The lowest BCUT2D eigenvalue weighted by Crippen LogP contribution is -2.19. The van der Waals surface area contributed by atoms with Crippen LogP contribution in [0.2, 0.25) is 0 Å². The molecule has 0 aliphatic heterocycles. The number of aromatic carboxylic acids is 1. The van der Waals surface area contributed by atoms with Crippen molar-refractivity contribution < 1.29 is 23.8 Å². The Hall–Kier alpha value is -1.49. The van der Waals surface area contributed by atoms with Crippen LogP contribution in [0.3, 0.4) is 0 Å². The van der Waals surface area contributed by atoms with Gasteiger partial charge in [0, 0.05) is 5.56 Å². The van der Waals surface area contributed by atoms with E-state index in [0.29, 0.717) is 0 Å². The van der Waals surface area contributed by atoms with Crippen LogP contribution in [0.1, 0.15) is 27.0 Å². The van der Waals surface area contributed by atoms with Crippen LogP contribution in [0.15, 0.2) is 12.1 Å². The molecule has 0 radical (unpaired) electrons. The number of aryl methyl sites for hydroxylation is 2. The van der Waals surface area contributed by atoms with E-state index in [1.807, 2.05) is 0 Å². The van der Waals surface area contributed by atoms with Crippen LogP contribution >= 0.6 is 0 Å². The van der Waals surface area contributed by atoms with Gasteiger partial charge in [-0.05, 0) is 37.1 Å². The Kier molecular flexibility index (Phi) is 3.28. The van der Waals surface area contributed by atoms with Crippen LogP contribution in [0.5, 0.6) is 0 Å². The molecular formula is C11H12F2O3. The highest BCUT2D eigenvalue weighted by atomic mass is 19.3. The molecule has 0 atom stereocenters. The minimum Gasteiger partial charge on any atom is -0.478 e. The number of benzene rings is 1. The van der Waals surface area contributed by atoms with Gasteiger partial charge in [0.2, 0.25) is 0 Å². The number of rotatable bonds is 3. The number of carbonyl (C=O) groups is 1. The molecule has 0 saturated carbocycles. The van der Waals surface area contributed by atoms with E-state index in [1.165, 1.54) is 13.8 Å². The molecule has 0 aliphatic carbocycles. The van der Waals surface area contributed by atoms with Gasteiger partial charge in [-0.2, -0.15) is 8.78 Å². The van der Waals surface area contributed by atoms with Crippen molar-refractivity contribution in [2.75, 3.05) is 6.61 Å². The molecule has 0 fully saturated rings. The summed E-state index contributed by atoms with van der Waals surface area (Å²) in [7, 11) is 0. The first-order valence-corrected chi connectivity index (χ1v) is 4.63. The van der Waals surface area contributed by atoms with Gasteiger partial charge >= 0.3 is 5.97 Å². The van der Waals surface area contributed by atoms with Crippen molar-refractivity contribution in [1.82, 2.24) is 0 Å². The number of hydrogen-bond acceptors (Lipinski definition) is 2. The zero-order valence-electron chi connectivity index (χ0n) is 8.92. The summed E-state index contributed by atoms with van der Waals surface area (Å²) in [6, 6.07) is 2.18. The Balaban J connectivity index is 3.36. The maximum Gasteiger partial charge on any atom is 0.336 e. The van der Waals surface area contributed by atoms with Gasteiger partial charge in [0.05, 0.1) is 5.56 Å². The van der Waals surface area contributed by atoms with Gasteiger partial charge in [0.1, 0.15) is 6.61 Å². The second-order valence-electron chi connectivity index (χ2n) is 3.65. The fourth-order valence-electron chi connectivity index (χ4n) is 1.60. The summed E-state index contributed by atoms with van der Waals surface area (Å²) in [6.45, 7) is 1.61. The minimum atomic E-state index is -3.34. The first kappa shape index (κ1) is 12.6. The van der Waals surface area contributed by atoms with Crippen LogP contribution in [0.25, 0.3) is 0 Å². The van der Waals surface area contributed by atoms with Crippen molar-refractivity contribution in [3.8, 4) is 0 Å². The summed E-state index contributed by atoms with van der Waals surface area (Å²) in [6.07, 6.45) is 0. The van der Waals surface area contributed by atoms with E-state index in [0.717, 1.165) is 12.1 Å². The highest BCUT2D eigenvalue weighted by Gasteiger charge is 2.31. The SMILES string of the molecule is Cc1cc(C(F)(F)CO)cc(C)c1C(=O)O. The predicted octanol–water partition coefficient (Wildman–Crippen LogP) is 2.09. The van der Waals surface area contributed by atoms with Crippen LogP contribution in [-0.4, -0.2) is 22.8 Å².